The predicted molar refractivity (Wildman–Crippen MR) is 101 cm³/mol. The molecule has 8 nitrogen and oxygen atoms in total. The van der Waals surface area contributed by atoms with Gasteiger partial charge in [0.05, 0.1) is 13.2 Å². The van der Waals surface area contributed by atoms with E-state index in [1.54, 1.807) is 0 Å². The number of ether oxygens (including phenoxy) is 1. The molecule has 0 aromatic heterocycles. The molecule has 3 N–H and O–H groups in total. The lowest BCUT2D eigenvalue weighted by Gasteiger charge is -2.35. The Balaban J connectivity index is 5.12. The first-order valence-corrected chi connectivity index (χ1v) is 11.3. The molecule has 0 aromatic carbocycles. The van der Waals surface area contributed by atoms with Gasteiger partial charge in [-0.25, -0.2) is 9.59 Å². The number of amides is 2. The van der Waals surface area contributed by atoms with Crippen molar-refractivity contribution in [3.63, 3.8) is 0 Å². The van der Waals surface area contributed by atoms with Crippen LogP contribution in [0.1, 0.15) is 34.1 Å². The summed E-state index contributed by atoms with van der Waals surface area (Å²) in [6.45, 7) is 14.7. The Morgan fingerprint density at radius 3 is 2.15 bits per heavy atom. The Hall–Kier alpha value is -1.87. The van der Waals surface area contributed by atoms with Gasteiger partial charge in [0.25, 0.3) is 8.32 Å². The summed E-state index contributed by atoms with van der Waals surface area (Å²) >= 11 is 0. The molecule has 9 heteroatoms. The maximum atomic E-state index is 12.4. The van der Waals surface area contributed by atoms with Crippen LogP contribution in [0.15, 0.2) is 12.7 Å². The fraction of sp³-hybridized carbons (Fsp3) is 0.706. The first-order valence-electron chi connectivity index (χ1n) is 8.43. The fourth-order valence-electron chi connectivity index (χ4n) is 1.71. The number of hydrogen-bond donors (Lipinski definition) is 3. The largest absolute Gasteiger partial charge is 0.504 e. The third-order valence-corrected chi connectivity index (χ3v) is 8.71. The van der Waals surface area contributed by atoms with E-state index in [-0.39, 0.29) is 11.5 Å². The van der Waals surface area contributed by atoms with E-state index in [4.69, 9.17) is 4.43 Å². The number of nitrogens with one attached hydrogen (secondary N) is 2. The van der Waals surface area contributed by atoms with E-state index < -0.39 is 44.5 Å². The van der Waals surface area contributed by atoms with Gasteiger partial charge in [-0.2, -0.15) is 0 Å². The van der Waals surface area contributed by atoms with Crippen LogP contribution in [-0.4, -0.2) is 56.7 Å². The summed E-state index contributed by atoms with van der Waals surface area (Å²) in [6, 6.07) is -2.23. The smallest absolute Gasteiger partial charge is 0.394 e. The zero-order valence-corrected chi connectivity index (χ0v) is 17.7. The highest BCUT2D eigenvalue weighted by Crippen LogP contribution is 2.36. The van der Waals surface area contributed by atoms with E-state index in [9.17, 15) is 19.5 Å². The van der Waals surface area contributed by atoms with Crippen molar-refractivity contribution in [1.82, 2.24) is 10.6 Å². The molecule has 0 aliphatic carbocycles. The molecule has 0 saturated heterocycles. The van der Waals surface area contributed by atoms with Crippen molar-refractivity contribution in [2.75, 3.05) is 7.11 Å². The number of methoxy groups -OCH3 is 1. The first-order chi connectivity index (χ1) is 11.8. The van der Waals surface area contributed by atoms with E-state index in [0.717, 1.165) is 7.11 Å². The summed E-state index contributed by atoms with van der Waals surface area (Å²) in [5.74, 6) is -1.43. The number of esters is 1. The molecule has 0 aromatic rings. The molecule has 0 spiro atoms. The van der Waals surface area contributed by atoms with Gasteiger partial charge in [0.15, 0.2) is 6.04 Å². The van der Waals surface area contributed by atoms with Gasteiger partial charge in [-0.1, -0.05) is 26.8 Å². The number of hydrogen-bond acceptors (Lipinski definition) is 6. The van der Waals surface area contributed by atoms with E-state index in [1.807, 2.05) is 33.9 Å². The summed E-state index contributed by atoms with van der Waals surface area (Å²) < 4.78 is 10.1. The zero-order valence-electron chi connectivity index (χ0n) is 16.7. The van der Waals surface area contributed by atoms with Gasteiger partial charge in [0.2, 0.25) is 5.91 Å². The molecule has 0 saturated carbocycles. The van der Waals surface area contributed by atoms with Crippen molar-refractivity contribution in [3.8, 4) is 0 Å². The minimum Gasteiger partial charge on any atom is -0.504 e. The number of rotatable bonds is 8. The summed E-state index contributed by atoms with van der Waals surface area (Å²) in [5, 5.41) is 14.4. The maximum Gasteiger partial charge on any atom is 0.394 e. The summed E-state index contributed by atoms with van der Waals surface area (Å²) in [5.41, 5.74) is 0. The average Bonchev–Trinajstić information content (AvgIpc) is 2.49. The normalized spacial score (nSPS) is 15.2. The second-order valence-corrected chi connectivity index (χ2v) is 12.3. The Kier molecular flexibility index (Phi) is 9.02. The average molecular weight is 389 g/mol. The monoisotopic (exact) mass is 388 g/mol. The van der Waals surface area contributed by atoms with Crippen molar-refractivity contribution >= 4 is 26.3 Å². The predicted octanol–water partition coefficient (Wildman–Crippen LogP) is 1.70. The highest BCUT2D eigenvalue weighted by Gasteiger charge is 2.41. The molecule has 0 aliphatic heterocycles. The lowest BCUT2D eigenvalue weighted by atomic mass is 10.1. The van der Waals surface area contributed by atoms with Crippen molar-refractivity contribution in [2.24, 2.45) is 0 Å². The standard InChI is InChI=1S/C17H32N2O6Si/c1-9-10-12(14(21)19-13(11(2)20)15(22)24-6)18-16(23)25-26(7,8)17(3,4)5/h9,11-13,20H,1,10H2,2-8H3,(H,18,23)(H,19,21)/t11-,12?,13+/m1/s1. The number of aliphatic hydroxyl groups is 1. The van der Waals surface area contributed by atoms with Crippen LogP contribution in [0.4, 0.5) is 4.79 Å². The molecular formula is C17H32N2O6Si. The Morgan fingerprint density at radius 2 is 1.77 bits per heavy atom. The molecule has 150 valence electrons. The van der Waals surface area contributed by atoms with Crippen molar-refractivity contribution < 1.29 is 28.7 Å². The van der Waals surface area contributed by atoms with Gasteiger partial charge in [-0.05, 0) is 31.5 Å². The van der Waals surface area contributed by atoms with Gasteiger partial charge in [0, 0.05) is 0 Å². The van der Waals surface area contributed by atoms with Gasteiger partial charge < -0.3 is 24.9 Å². The van der Waals surface area contributed by atoms with Gasteiger partial charge in [-0.3, -0.25) is 4.79 Å². The second kappa shape index (κ2) is 9.72. The first kappa shape index (κ1) is 24.1. The van der Waals surface area contributed by atoms with Gasteiger partial charge in [-0.15, -0.1) is 6.58 Å². The number of carbonyl (C=O) groups is 3. The van der Waals surface area contributed by atoms with Crippen LogP contribution in [0.25, 0.3) is 0 Å². The minimum atomic E-state index is -2.35. The van der Waals surface area contributed by atoms with Crippen LogP contribution in [-0.2, 0) is 18.8 Å². The minimum absolute atomic E-state index is 0.131. The summed E-state index contributed by atoms with van der Waals surface area (Å²) in [7, 11) is -1.20. The molecule has 2 amide bonds. The summed E-state index contributed by atoms with van der Waals surface area (Å²) in [6.07, 6.45) is -0.265. The van der Waals surface area contributed by atoms with E-state index in [0.29, 0.717) is 0 Å². The number of carbonyl (C=O) groups excluding carboxylic acids is 3. The molecule has 3 atom stereocenters. The van der Waals surface area contributed by atoms with Crippen LogP contribution < -0.4 is 10.6 Å². The third-order valence-electron chi connectivity index (χ3n) is 4.40. The third kappa shape index (κ3) is 7.16. The van der Waals surface area contributed by atoms with Crippen molar-refractivity contribution in [2.45, 2.75) is 70.4 Å². The maximum absolute atomic E-state index is 12.4. The molecule has 0 fully saturated rings. The van der Waals surface area contributed by atoms with Crippen molar-refractivity contribution in [3.05, 3.63) is 12.7 Å². The van der Waals surface area contributed by atoms with Crippen LogP contribution >= 0.6 is 0 Å². The van der Waals surface area contributed by atoms with Crippen LogP contribution in [0.3, 0.4) is 0 Å². The van der Waals surface area contributed by atoms with Crippen LogP contribution in [0, 0.1) is 0 Å². The highest BCUT2D eigenvalue weighted by molar-refractivity contribution is 6.75. The molecule has 0 rings (SSSR count). The molecule has 0 bridgehead atoms. The topological polar surface area (TPSA) is 114 Å². The van der Waals surface area contributed by atoms with Gasteiger partial charge >= 0.3 is 12.1 Å². The lowest BCUT2D eigenvalue weighted by molar-refractivity contribution is -0.148. The quantitative estimate of drug-likeness (QED) is 0.331. The molecule has 0 heterocycles. The second-order valence-electron chi connectivity index (χ2n) is 7.62. The SMILES string of the molecule is C=CCC(NC(=O)O[Si](C)(C)C(C)(C)C)C(=O)N[C@H](C(=O)OC)[C@@H](C)O. The Bertz CT molecular complexity index is 528. The van der Waals surface area contributed by atoms with Crippen LogP contribution in [0.2, 0.25) is 18.1 Å². The molecular weight excluding hydrogens is 356 g/mol. The number of aliphatic hydroxyl groups excluding tert-OH is 1. The van der Waals surface area contributed by atoms with E-state index >= 15 is 0 Å². The molecule has 26 heavy (non-hydrogen) atoms. The van der Waals surface area contributed by atoms with Crippen LogP contribution in [0.5, 0.6) is 0 Å². The molecule has 0 radical (unpaired) electrons. The lowest BCUT2D eigenvalue weighted by Crippen LogP contribution is -2.56. The Morgan fingerprint density at radius 1 is 1.23 bits per heavy atom. The van der Waals surface area contributed by atoms with Gasteiger partial charge in [0.1, 0.15) is 6.04 Å². The van der Waals surface area contributed by atoms with E-state index in [1.165, 1.54) is 13.0 Å². The van der Waals surface area contributed by atoms with Crippen molar-refractivity contribution in [1.29, 1.82) is 0 Å². The highest BCUT2D eigenvalue weighted by atomic mass is 28.4. The zero-order chi connectivity index (χ0) is 20.7. The molecule has 1 unspecified atom stereocenters. The van der Waals surface area contributed by atoms with E-state index in [2.05, 4.69) is 21.9 Å². The Labute approximate surface area is 156 Å². The fourth-order valence-corrected chi connectivity index (χ4v) is 2.54. The molecule has 0 aliphatic rings. The summed E-state index contributed by atoms with van der Waals surface area (Å²) in [4.78, 5) is 36.3.